The molecule has 1 amide bonds. The van der Waals surface area contributed by atoms with Crippen LogP contribution >= 0.6 is 27.5 Å². The van der Waals surface area contributed by atoms with Gasteiger partial charge in [0.25, 0.3) is 11.6 Å². The van der Waals surface area contributed by atoms with Gasteiger partial charge in [0.1, 0.15) is 9.63 Å². The average Bonchev–Trinajstić information content (AvgIpc) is 2.41. The van der Waals surface area contributed by atoms with E-state index >= 15 is 0 Å². The van der Waals surface area contributed by atoms with Crippen molar-refractivity contribution >= 4 is 44.8 Å². The number of aryl methyl sites for hydroxylation is 1. The second-order valence-corrected chi connectivity index (χ2v) is 5.30. The van der Waals surface area contributed by atoms with Crippen LogP contribution in [0.25, 0.3) is 0 Å². The Bertz CT molecular complexity index is 737. The molecule has 0 fully saturated rings. The third-order valence-electron chi connectivity index (χ3n) is 2.72. The number of hydrogen-bond acceptors (Lipinski definition) is 4. The number of carbonyl (C=O) groups excluding carboxylic acids is 1. The van der Waals surface area contributed by atoms with Crippen molar-refractivity contribution in [3.05, 3.63) is 61.3 Å². The van der Waals surface area contributed by atoms with Gasteiger partial charge in [-0.15, -0.1) is 0 Å². The maximum atomic E-state index is 12.2. The fourth-order valence-corrected chi connectivity index (χ4v) is 2.47. The van der Waals surface area contributed by atoms with E-state index < -0.39 is 10.8 Å². The fraction of sp³-hybridized carbons (Fsp3) is 0.0769. The molecular weight excluding hydrogens is 362 g/mol. The SMILES string of the molecule is Cc1nc(Cl)ccc1NC(=O)c1cccc([N+](=O)[O-])c1Br. The first-order valence-electron chi connectivity index (χ1n) is 5.77. The van der Waals surface area contributed by atoms with Gasteiger partial charge in [0.15, 0.2) is 0 Å². The van der Waals surface area contributed by atoms with Crippen LogP contribution in [-0.4, -0.2) is 15.8 Å². The summed E-state index contributed by atoms with van der Waals surface area (Å²) in [5.74, 6) is -0.474. The summed E-state index contributed by atoms with van der Waals surface area (Å²) in [5.41, 5.74) is 1.03. The molecule has 1 heterocycles. The monoisotopic (exact) mass is 369 g/mol. The maximum absolute atomic E-state index is 12.2. The summed E-state index contributed by atoms with van der Waals surface area (Å²) in [6.07, 6.45) is 0. The predicted molar refractivity (Wildman–Crippen MR) is 82.7 cm³/mol. The number of hydrogen-bond donors (Lipinski definition) is 1. The van der Waals surface area contributed by atoms with E-state index in [1.165, 1.54) is 18.2 Å². The largest absolute Gasteiger partial charge is 0.320 e. The molecule has 0 spiro atoms. The van der Waals surface area contributed by atoms with Gasteiger partial charge in [-0.2, -0.15) is 0 Å². The zero-order valence-corrected chi connectivity index (χ0v) is 13.1. The molecule has 0 aliphatic rings. The van der Waals surface area contributed by atoms with Gasteiger partial charge in [-0.3, -0.25) is 14.9 Å². The number of nitrogens with one attached hydrogen (secondary N) is 1. The van der Waals surface area contributed by atoms with Crippen molar-refractivity contribution in [1.29, 1.82) is 0 Å². The highest BCUT2D eigenvalue weighted by atomic mass is 79.9. The van der Waals surface area contributed by atoms with Gasteiger partial charge in [-0.05, 0) is 41.1 Å². The number of halogens is 2. The molecule has 8 heteroatoms. The summed E-state index contributed by atoms with van der Waals surface area (Å²) in [5, 5.41) is 13.8. The third-order valence-corrected chi connectivity index (χ3v) is 3.76. The molecule has 0 bridgehead atoms. The molecule has 1 aromatic heterocycles. The van der Waals surface area contributed by atoms with Gasteiger partial charge in [-0.1, -0.05) is 17.7 Å². The van der Waals surface area contributed by atoms with Gasteiger partial charge >= 0.3 is 0 Å². The molecule has 0 atom stereocenters. The molecule has 0 aliphatic carbocycles. The van der Waals surface area contributed by atoms with Gasteiger partial charge in [-0.25, -0.2) is 4.98 Å². The Morgan fingerprint density at radius 1 is 1.38 bits per heavy atom. The van der Waals surface area contributed by atoms with E-state index in [1.807, 2.05) is 0 Å². The molecule has 2 rings (SSSR count). The van der Waals surface area contributed by atoms with E-state index in [1.54, 1.807) is 19.1 Å². The lowest BCUT2D eigenvalue weighted by Gasteiger charge is -2.09. The molecule has 0 saturated carbocycles. The highest BCUT2D eigenvalue weighted by molar-refractivity contribution is 9.10. The highest BCUT2D eigenvalue weighted by Gasteiger charge is 2.19. The molecule has 0 unspecified atom stereocenters. The second-order valence-electron chi connectivity index (χ2n) is 4.12. The van der Waals surface area contributed by atoms with Crippen molar-refractivity contribution in [1.82, 2.24) is 4.98 Å². The lowest BCUT2D eigenvalue weighted by Crippen LogP contribution is -2.14. The van der Waals surface area contributed by atoms with Crippen molar-refractivity contribution in [2.24, 2.45) is 0 Å². The molecule has 1 aromatic carbocycles. The van der Waals surface area contributed by atoms with Gasteiger partial charge in [0.2, 0.25) is 0 Å². The van der Waals surface area contributed by atoms with Crippen LogP contribution in [0.5, 0.6) is 0 Å². The second kappa shape index (κ2) is 6.19. The lowest BCUT2D eigenvalue weighted by atomic mass is 10.2. The molecule has 0 saturated heterocycles. The Hall–Kier alpha value is -1.99. The van der Waals surface area contributed by atoms with Crippen LogP contribution < -0.4 is 5.32 Å². The minimum atomic E-state index is -0.560. The molecule has 108 valence electrons. The Morgan fingerprint density at radius 3 is 2.71 bits per heavy atom. The zero-order valence-electron chi connectivity index (χ0n) is 10.8. The number of amides is 1. The zero-order chi connectivity index (χ0) is 15.6. The van der Waals surface area contributed by atoms with Crippen LogP contribution in [0.4, 0.5) is 11.4 Å². The van der Waals surface area contributed by atoms with E-state index in [2.05, 4.69) is 26.2 Å². The van der Waals surface area contributed by atoms with Crippen LogP contribution in [-0.2, 0) is 0 Å². The summed E-state index contributed by atoms with van der Waals surface area (Å²) in [4.78, 5) is 26.5. The summed E-state index contributed by atoms with van der Waals surface area (Å²) >= 11 is 8.83. The third kappa shape index (κ3) is 3.37. The smallest absolute Gasteiger partial charge is 0.284 e. The molecule has 2 aromatic rings. The van der Waals surface area contributed by atoms with Crippen LogP contribution in [0.2, 0.25) is 5.15 Å². The van der Waals surface area contributed by atoms with Crippen molar-refractivity contribution < 1.29 is 9.72 Å². The fourth-order valence-electron chi connectivity index (χ4n) is 1.69. The molecule has 6 nitrogen and oxygen atoms in total. The Labute approximate surface area is 133 Å². The first kappa shape index (κ1) is 15.4. The molecule has 0 aliphatic heterocycles. The summed E-state index contributed by atoms with van der Waals surface area (Å²) in [7, 11) is 0. The molecule has 1 N–H and O–H groups in total. The topological polar surface area (TPSA) is 85.1 Å². The Morgan fingerprint density at radius 2 is 2.10 bits per heavy atom. The number of carbonyl (C=O) groups is 1. The number of aromatic nitrogens is 1. The number of anilines is 1. The predicted octanol–water partition coefficient (Wildman–Crippen LogP) is 3.97. The number of nitrogens with zero attached hydrogens (tertiary/aromatic N) is 2. The van der Waals surface area contributed by atoms with E-state index in [0.29, 0.717) is 16.5 Å². The molecular formula is C13H9BrClN3O3. The number of nitro groups is 1. The van der Waals surface area contributed by atoms with Crippen molar-refractivity contribution in [2.75, 3.05) is 5.32 Å². The Balaban J connectivity index is 2.33. The first-order chi connectivity index (χ1) is 9.90. The van der Waals surface area contributed by atoms with Crippen LogP contribution in [0.3, 0.4) is 0 Å². The quantitative estimate of drug-likeness (QED) is 0.503. The lowest BCUT2D eigenvalue weighted by molar-refractivity contribution is -0.385. The van der Waals surface area contributed by atoms with E-state index in [4.69, 9.17) is 11.6 Å². The number of benzene rings is 1. The number of nitro benzene ring substituents is 1. The minimum Gasteiger partial charge on any atom is -0.320 e. The first-order valence-corrected chi connectivity index (χ1v) is 6.94. The summed E-state index contributed by atoms with van der Waals surface area (Å²) in [6, 6.07) is 7.42. The standard InChI is InChI=1S/C13H9BrClN3O3/c1-7-9(5-6-11(15)16-7)17-13(19)8-3-2-4-10(12(8)14)18(20)21/h2-6H,1H3,(H,17,19). The van der Waals surface area contributed by atoms with Crippen LogP contribution in [0.15, 0.2) is 34.8 Å². The minimum absolute atomic E-state index is 0.132. The summed E-state index contributed by atoms with van der Waals surface area (Å²) < 4.78 is 0.132. The molecule has 21 heavy (non-hydrogen) atoms. The normalized spacial score (nSPS) is 10.2. The highest BCUT2D eigenvalue weighted by Crippen LogP contribution is 2.29. The number of pyridine rings is 1. The Kier molecular flexibility index (Phi) is 4.54. The number of rotatable bonds is 3. The van der Waals surface area contributed by atoms with Gasteiger partial charge in [0.05, 0.1) is 21.9 Å². The van der Waals surface area contributed by atoms with Gasteiger partial charge < -0.3 is 5.32 Å². The summed E-state index contributed by atoms with van der Waals surface area (Å²) in [6.45, 7) is 1.70. The van der Waals surface area contributed by atoms with E-state index in [-0.39, 0.29) is 15.7 Å². The van der Waals surface area contributed by atoms with E-state index in [9.17, 15) is 14.9 Å². The molecule has 0 radical (unpaired) electrons. The van der Waals surface area contributed by atoms with Crippen molar-refractivity contribution in [2.45, 2.75) is 6.92 Å². The van der Waals surface area contributed by atoms with Crippen LogP contribution in [0, 0.1) is 17.0 Å². The van der Waals surface area contributed by atoms with Crippen molar-refractivity contribution in [3.8, 4) is 0 Å². The van der Waals surface area contributed by atoms with Gasteiger partial charge in [0, 0.05) is 6.07 Å². The van der Waals surface area contributed by atoms with Crippen LogP contribution in [0.1, 0.15) is 16.1 Å². The average molecular weight is 371 g/mol. The maximum Gasteiger partial charge on any atom is 0.284 e. The van der Waals surface area contributed by atoms with E-state index in [0.717, 1.165) is 0 Å². The van der Waals surface area contributed by atoms with Crippen molar-refractivity contribution in [3.63, 3.8) is 0 Å².